The Morgan fingerprint density at radius 2 is 1.63 bits per heavy atom. The van der Waals surface area contributed by atoms with Gasteiger partial charge in [0.25, 0.3) is 11.5 Å². The Hall–Kier alpha value is -3.67. The molecule has 1 aliphatic rings. The first kappa shape index (κ1) is 16.8. The molecule has 0 spiro atoms. The van der Waals surface area contributed by atoms with Crippen molar-refractivity contribution in [2.24, 2.45) is 0 Å². The second kappa shape index (κ2) is 6.57. The van der Waals surface area contributed by atoms with E-state index in [9.17, 15) is 14.4 Å². The molecule has 2 aromatic carbocycles. The number of aromatic nitrogens is 2. The van der Waals surface area contributed by atoms with Gasteiger partial charge in [-0.2, -0.15) is 0 Å². The maximum absolute atomic E-state index is 13.0. The minimum Gasteiger partial charge on any atom is -0.310 e. The summed E-state index contributed by atoms with van der Waals surface area (Å²) >= 11 is 0. The first-order chi connectivity index (χ1) is 13.1. The van der Waals surface area contributed by atoms with Gasteiger partial charge in [0.05, 0.1) is 16.3 Å². The number of nitrogens with one attached hydrogen (secondary N) is 2. The number of aromatic amines is 2. The Morgan fingerprint density at radius 3 is 2.41 bits per heavy atom. The van der Waals surface area contributed by atoms with E-state index in [0.29, 0.717) is 22.9 Å². The molecule has 0 unspecified atom stereocenters. The molecule has 2 N–H and O–H groups in total. The van der Waals surface area contributed by atoms with E-state index in [1.54, 1.807) is 37.4 Å². The van der Waals surface area contributed by atoms with Gasteiger partial charge in [-0.3, -0.25) is 24.6 Å². The van der Waals surface area contributed by atoms with Crippen LogP contribution in [0.5, 0.6) is 0 Å². The molecular formula is C21H17N3O3. The minimum atomic E-state index is -0.441. The van der Waals surface area contributed by atoms with Gasteiger partial charge < -0.3 is 4.90 Å². The number of fused-ring (bicyclic) bond motifs is 1. The number of benzene rings is 2. The van der Waals surface area contributed by atoms with Gasteiger partial charge in [-0.15, -0.1) is 0 Å². The highest BCUT2D eigenvalue weighted by molar-refractivity contribution is 6.51. The molecule has 0 radical (unpaired) electrons. The monoisotopic (exact) mass is 359 g/mol. The molecule has 0 aliphatic carbocycles. The van der Waals surface area contributed by atoms with Gasteiger partial charge >= 0.3 is 0 Å². The molecule has 134 valence electrons. The number of H-pyrrole nitrogens is 2. The number of anilines is 1. The zero-order chi connectivity index (χ0) is 19.0. The highest BCUT2D eigenvalue weighted by atomic mass is 16.2. The van der Waals surface area contributed by atoms with Crippen LogP contribution in [-0.2, 0) is 11.2 Å². The van der Waals surface area contributed by atoms with Crippen molar-refractivity contribution in [2.45, 2.75) is 6.42 Å². The van der Waals surface area contributed by atoms with Crippen LogP contribution in [-0.4, -0.2) is 28.9 Å². The molecule has 1 aliphatic heterocycles. The molecule has 0 atom stereocenters. The molecule has 3 aromatic rings. The predicted molar refractivity (Wildman–Crippen MR) is 103 cm³/mol. The molecule has 27 heavy (non-hydrogen) atoms. The van der Waals surface area contributed by atoms with E-state index < -0.39 is 11.7 Å². The summed E-state index contributed by atoms with van der Waals surface area (Å²) in [5, 5.41) is 5.74. The third kappa shape index (κ3) is 2.81. The van der Waals surface area contributed by atoms with E-state index in [0.717, 1.165) is 5.56 Å². The summed E-state index contributed by atoms with van der Waals surface area (Å²) in [5.41, 5.74) is 1.62. The Morgan fingerprint density at radius 1 is 0.926 bits per heavy atom. The van der Waals surface area contributed by atoms with Crippen molar-refractivity contribution in [3.63, 3.8) is 0 Å². The number of carbonyl (C=O) groups excluding carboxylic acids is 2. The number of para-hydroxylation sites is 1. The number of amides is 1. The summed E-state index contributed by atoms with van der Waals surface area (Å²) < 4.78 is 0. The maximum atomic E-state index is 13.0. The fourth-order valence-corrected chi connectivity index (χ4v) is 3.28. The summed E-state index contributed by atoms with van der Waals surface area (Å²) in [4.78, 5) is 39.5. The largest absolute Gasteiger partial charge is 0.310 e. The van der Waals surface area contributed by atoms with Crippen LogP contribution in [0.25, 0.3) is 11.6 Å². The third-order valence-electron chi connectivity index (χ3n) is 4.71. The highest BCUT2D eigenvalue weighted by Crippen LogP contribution is 2.28. The van der Waals surface area contributed by atoms with Gasteiger partial charge in [0, 0.05) is 12.6 Å². The number of ketones is 1. The number of hydrogen-bond donors (Lipinski definition) is 2. The first-order valence-corrected chi connectivity index (χ1v) is 8.55. The molecule has 6 heteroatoms. The normalized spacial score (nSPS) is 16.6. The zero-order valence-electron chi connectivity index (χ0n) is 14.7. The van der Waals surface area contributed by atoms with E-state index >= 15 is 0 Å². The molecule has 2 heterocycles. The molecule has 1 amide bonds. The van der Waals surface area contributed by atoms with Crippen molar-refractivity contribution in [1.82, 2.24) is 10.2 Å². The molecule has 4 rings (SSSR count). The van der Waals surface area contributed by atoms with Gasteiger partial charge in [0.1, 0.15) is 5.57 Å². The van der Waals surface area contributed by atoms with E-state index in [1.165, 1.54) is 4.90 Å². The summed E-state index contributed by atoms with van der Waals surface area (Å²) in [7, 11) is 1.62. The van der Waals surface area contributed by atoms with Gasteiger partial charge in [0.2, 0.25) is 5.78 Å². The van der Waals surface area contributed by atoms with Crippen molar-refractivity contribution in [3.8, 4) is 0 Å². The Kier molecular flexibility index (Phi) is 4.08. The summed E-state index contributed by atoms with van der Waals surface area (Å²) in [5.74, 6) is -0.832. The Labute approximate surface area is 154 Å². The highest BCUT2D eigenvalue weighted by Gasteiger charge is 2.33. The van der Waals surface area contributed by atoms with Crippen LogP contribution >= 0.6 is 0 Å². The van der Waals surface area contributed by atoms with Gasteiger partial charge in [-0.25, -0.2) is 0 Å². The number of hydrogen-bond acceptors (Lipinski definition) is 3. The summed E-state index contributed by atoms with van der Waals surface area (Å²) in [6.07, 6.45) is 2.24. The zero-order valence-corrected chi connectivity index (χ0v) is 14.7. The molecule has 0 fully saturated rings. The third-order valence-corrected chi connectivity index (χ3v) is 4.71. The predicted octanol–water partition coefficient (Wildman–Crippen LogP) is 0.736. The fraction of sp³-hybridized carbons (Fsp3) is 0.0952. The van der Waals surface area contributed by atoms with Crippen LogP contribution in [0.1, 0.15) is 15.9 Å². The standard InChI is InChI=1S/C21H17N3O3/c1-24-16-10-6-5-9-14(16)19(25)17(21(24)27)18-15(20(26)23-22-18)12-11-13-7-3-2-4-8-13/h2-10,12,22H,11H2,1H3,(H,23,26)/b15-12-,18-17-. The lowest BCUT2D eigenvalue weighted by Gasteiger charge is -2.25. The van der Waals surface area contributed by atoms with Crippen molar-refractivity contribution < 1.29 is 9.59 Å². The SMILES string of the molecule is CN1C(=O)/C(=c2\[nH][nH]c(=O)\c2=C/Cc2ccccc2)C(=O)c2ccccc21. The van der Waals surface area contributed by atoms with Crippen LogP contribution < -0.4 is 21.0 Å². The molecular weight excluding hydrogens is 342 g/mol. The Bertz CT molecular complexity index is 1220. The second-order valence-electron chi connectivity index (χ2n) is 6.35. The van der Waals surface area contributed by atoms with Crippen molar-refractivity contribution >= 4 is 29.0 Å². The number of rotatable bonds is 2. The maximum Gasteiger partial charge on any atom is 0.271 e. The van der Waals surface area contributed by atoms with Crippen molar-refractivity contribution in [2.75, 3.05) is 11.9 Å². The summed E-state index contributed by atoms with van der Waals surface area (Å²) in [6, 6.07) is 16.6. The lowest BCUT2D eigenvalue weighted by Crippen LogP contribution is -2.44. The van der Waals surface area contributed by atoms with Crippen LogP contribution in [0.3, 0.4) is 0 Å². The van der Waals surface area contributed by atoms with Gasteiger partial charge in [0.15, 0.2) is 0 Å². The quantitative estimate of drug-likeness (QED) is 0.708. The molecule has 0 saturated heterocycles. The van der Waals surface area contributed by atoms with Crippen molar-refractivity contribution in [1.29, 1.82) is 0 Å². The van der Waals surface area contributed by atoms with Gasteiger partial charge in [-0.1, -0.05) is 48.5 Å². The van der Waals surface area contributed by atoms with Crippen LogP contribution in [0.4, 0.5) is 5.69 Å². The average molecular weight is 359 g/mol. The first-order valence-electron chi connectivity index (χ1n) is 8.55. The molecule has 0 saturated carbocycles. The number of carbonyl (C=O) groups is 2. The average Bonchev–Trinajstić information content (AvgIpc) is 3.06. The van der Waals surface area contributed by atoms with Crippen LogP contribution in [0.2, 0.25) is 0 Å². The van der Waals surface area contributed by atoms with Crippen LogP contribution in [0.15, 0.2) is 59.4 Å². The molecule has 0 bridgehead atoms. The van der Waals surface area contributed by atoms with E-state index in [-0.39, 0.29) is 16.5 Å². The van der Waals surface area contributed by atoms with Crippen LogP contribution in [0, 0.1) is 0 Å². The summed E-state index contributed by atoms with van der Waals surface area (Å²) in [6.45, 7) is 0. The lowest BCUT2D eigenvalue weighted by molar-refractivity contribution is -0.113. The van der Waals surface area contributed by atoms with E-state index in [1.807, 2.05) is 30.3 Å². The minimum absolute atomic E-state index is 0.0335. The van der Waals surface area contributed by atoms with E-state index in [4.69, 9.17) is 0 Å². The number of Topliss-reactive ketones (excluding diaryl/α,β-unsaturated/α-hetero) is 1. The Balaban J connectivity index is 1.93. The second-order valence-corrected chi connectivity index (χ2v) is 6.35. The topological polar surface area (TPSA) is 86.0 Å². The molecule has 6 nitrogen and oxygen atoms in total. The number of nitrogens with zero attached hydrogens (tertiary/aromatic N) is 1. The van der Waals surface area contributed by atoms with Crippen molar-refractivity contribution in [3.05, 3.63) is 86.6 Å². The fourth-order valence-electron chi connectivity index (χ4n) is 3.28. The van der Waals surface area contributed by atoms with Gasteiger partial charge in [-0.05, 0) is 24.1 Å². The lowest BCUT2D eigenvalue weighted by atomic mass is 9.95. The smallest absolute Gasteiger partial charge is 0.271 e. The molecule has 1 aromatic heterocycles. The van der Waals surface area contributed by atoms with E-state index in [2.05, 4.69) is 10.2 Å².